The lowest BCUT2D eigenvalue weighted by Gasteiger charge is -2.32. The number of aliphatic carboxylic acids is 1. The number of aliphatic hydroxyl groups is 1. The lowest BCUT2D eigenvalue weighted by molar-refractivity contribution is -0.226. The molecular weight excluding hydrogens is 535 g/mol. The second kappa shape index (κ2) is 17.1. The molecule has 1 aromatic carbocycles. The van der Waals surface area contributed by atoms with E-state index in [0.29, 0.717) is 44.6 Å². The summed E-state index contributed by atoms with van der Waals surface area (Å²) in [6, 6.07) is 5.84. The van der Waals surface area contributed by atoms with E-state index in [0.717, 1.165) is 38.5 Å². The van der Waals surface area contributed by atoms with Gasteiger partial charge in [-0.3, -0.25) is 4.79 Å². The van der Waals surface area contributed by atoms with Gasteiger partial charge in [-0.05, 0) is 82.1 Å². The third-order valence-electron chi connectivity index (χ3n) is 7.76. The zero-order valence-electron chi connectivity index (χ0n) is 23.7. The monoisotopic (exact) mass is 580 g/mol. The first-order valence-electron chi connectivity index (χ1n) is 15.1. The van der Waals surface area contributed by atoms with Gasteiger partial charge in [0.25, 0.3) is 0 Å². The summed E-state index contributed by atoms with van der Waals surface area (Å²) < 4.78 is 50.0. The highest BCUT2D eigenvalue weighted by Gasteiger charge is 2.45. The number of ether oxygens (including phenoxy) is 6. The first kappa shape index (κ1) is 31.8. The zero-order valence-corrected chi connectivity index (χ0v) is 23.7. The van der Waals surface area contributed by atoms with Crippen molar-refractivity contribution in [2.75, 3.05) is 26.4 Å². The Morgan fingerprint density at radius 2 is 1.76 bits per heavy atom. The second-order valence-electron chi connectivity index (χ2n) is 11.0. The number of carbonyl (C=O) groups is 1. The summed E-state index contributed by atoms with van der Waals surface area (Å²) in [7, 11) is 0. The molecule has 0 aromatic heterocycles. The summed E-state index contributed by atoms with van der Waals surface area (Å²) in [5.41, 5.74) is 0. The van der Waals surface area contributed by atoms with Gasteiger partial charge in [-0.2, -0.15) is 0 Å². The Balaban J connectivity index is 1.40. The molecule has 10 heteroatoms. The van der Waals surface area contributed by atoms with Crippen LogP contribution in [0.3, 0.4) is 0 Å². The van der Waals surface area contributed by atoms with Crippen LogP contribution in [0.15, 0.2) is 36.4 Å². The topological polar surface area (TPSA) is 113 Å². The molecule has 3 fully saturated rings. The maximum Gasteiger partial charge on any atom is 0.303 e. The predicted octanol–water partition coefficient (Wildman–Crippen LogP) is 5.00. The van der Waals surface area contributed by atoms with Crippen LogP contribution in [-0.4, -0.2) is 79.6 Å². The maximum absolute atomic E-state index is 13.4. The van der Waals surface area contributed by atoms with E-state index in [2.05, 4.69) is 0 Å². The molecule has 4 rings (SSSR count). The van der Waals surface area contributed by atoms with Crippen molar-refractivity contribution in [2.24, 2.45) is 5.92 Å². The first-order valence-corrected chi connectivity index (χ1v) is 15.1. The van der Waals surface area contributed by atoms with E-state index in [-0.39, 0.29) is 50.1 Å². The molecule has 7 atom stereocenters. The number of rotatable bonds is 16. The number of unbranched alkanes of at least 4 members (excludes halogenated alkanes) is 1. The van der Waals surface area contributed by atoms with Crippen molar-refractivity contribution >= 4 is 5.97 Å². The first-order chi connectivity index (χ1) is 20.0. The molecule has 2 heterocycles. The molecule has 0 spiro atoms. The molecule has 9 nitrogen and oxygen atoms in total. The summed E-state index contributed by atoms with van der Waals surface area (Å²) in [6.07, 6.45) is 9.51. The van der Waals surface area contributed by atoms with Crippen molar-refractivity contribution < 1.29 is 47.8 Å². The van der Waals surface area contributed by atoms with Crippen LogP contribution in [0.4, 0.5) is 4.39 Å². The maximum atomic E-state index is 13.4. The quantitative estimate of drug-likeness (QED) is 0.206. The highest BCUT2D eigenvalue weighted by Crippen LogP contribution is 2.36. The highest BCUT2D eigenvalue weighted by atomic mass is 19.1. The largest absolute Gasteiger partial charge is 0.491 e. The van der Waals surface area contributed by atoms with Gasteiger partial charge < -0.3 is 38.6 Å². The molecule has 2 saturated heterocycles. The van der Waals surface area contributed by atoms with E-state index in [4.69, 9.17) is 33.5 Å². The third-order valence-corrected chi connectivity index (χ3v) is 7.76. The molecule has 0 amide bonds. The average Bonchev–Trinajstić information content (AvgIpc) is 3.27. The predicted molar refractivity (Wildman–Crippen MR) is 148 cm³/mol. The molecule has 3 aliphatic rings. The van der Waals surface area contributed by atoms with Crippen LogP contribution >= 0.6 is 0 Å². The second-order valence-corrected chi connectivity index (χ2v) is 11.0. The Kier molecular flexibility index (Phi) is 13.3. The Hall–Kier alpha value is -2.08. The van der Waals surface area contributed by atoms with Gasteiger partial charge in [-0.25, -0.2) is 4.39 Å². The number of benzene rings is 1. The number of carboxylic acids is 1. The standard InChI is InChI=1S/C31H45FO9/c32-22-13-15-23(16-14-22)38-20-24(40-29-11-5-7-17-36-29)21-39-31-25(9-3-1-2-4-10-28(34)35)26(33)19-27(31)41-30-12-6-8-18-37-30/h1,3,13-16,24-27,29-31,33H,2,4-12,17-21H2,(H,34,35)/b3-1-/t24?,25-,26-,27+,29?,30?,31+/m0/s1. The SMILES string of the molecule is O=C(O)CCC/C=C\C[C@@H]1[C@@H](OCC(COc2ccc(F)cc2)OC2CCCCO2)[C@H](OC2CCCCO2)C[C@@H]1O. The Morgan fingerprint density at radius 1 is 1.02 bits per heavy atom. The van der Waals surface area contributed by atoms with Crippen LogP contribution in [0.5, 0.6) is 5.75 Å². The molecule has 2 aliphatic heterocycles. The van der Waals surface area contributed by atoms with Gasteiger partial charge in [0, 0.05) is 32.0 Å². The van der Waals surface area contributed by atoms with Crippen molar-refractivity contribution in [2.45, 2.75) is 108 Å². The summed E-state index contributed by atoms with van der Waals surface area (Å²) in [6.45, 7) is 1.69. The number of allylic oxidation sites excluding steroid dienone is 2. The van der Waals surface area contributed by atoms with Crippen LogP contribution in [0.2, 0.25) is 0 Å². The van der Waals surface area contributed by atoms with Gasteiger partial charge in [-0.1, -0.05) is 12.2 Å². The summed E-state index contributed by atoms with van der Waals surface area (Å²) >= 11 is 0. The third kappa shape index (κ3) is 10.9. The van der Waals surface area contributed by atoms with Crippen molar-refractivity contribution in [1.29, 1.82) is 0 Å². The van der Waals surface area contributed by atoms with Crippen molar-refractivity contribution in [3.8, 4) is 5.75 Å². The summed E-state index contributed by atoms with van der Waals surface area (Å²) in [4.78, 5) is 10.8. The normalized spacial score (nSPS) is 29.5. The molecule has 0 bridgehead atoms. The number of halogens is 1. The minimum atomic E-state index is -0.804. The van der Waals surface area contributed by atoms with Crippen molar-refractivity contribution in [1.82, 2.24) is 0 Å². The fourth-order valence-corrected chi connectivity index (χ4v) is 5.55. The van der Waals surface area contributed by atoms with E-state index < -0.39 is 24.3 Å². The molecule has 1 aliphatic carbocycles. The molecule has 1 saturated carbocycles. The summed E-state index contributed by atoms with van der Waals surface area (Å²) in [5, 5.41) is 19.9. The Morgan fingerprint density at radius 3 is 2.44 bits per heavy atom. The highest BCUT2D eigenvalue weighted by molar-refractivity contribution is 5.66. The number of carboxylic acid groups (broad SMARTS) is 1. The van der Waals surface area contributed by atoms with Crippen LogP contribution in [0.25, 0.3) is 0 Å². The number of hydrogen-bond acceptors (Lipinski definition) is 8. The van der Waals surface area contributed by atoms with E-state index in [1.54, 1.807) is 12.1 Å². The lowest BCUT2D eigenvalue weighted by atomic mass is 9.98. The van der Waals surface area contributed by atoms with Crippen molar-refractivity contribution in [3.05, 3.63) is 42.2 Å². The van der Waals surface area contributed by atoms with Gasteiger partial charge in [-0.15, -0.1) is 0 Å². The van der Waals surface area contributed by atoms with Crippen LogP contribution in [0.1, 0.15) is 70.6 Å². The molecule has 1 aromatic rings. The smallest absolute Gasteiger partial charge is 0.303 e. The molecule has 0 radical (unpaired) electrons. The Bertz CT molecular complexity index is 915. The number of hydrogen-bond donors (Lipinski definition) is 2. The van der Waals surface area contributed by atoms with E-state index >= 15 is 0 Å². The molecule has 2 N–H and O–H groups in total. The molecular formula is C31H45FO9. The average molecular weight is 581 g/mol. The lowest BCUT2D eigenvalue weighted by Crippen LogP contribution is -2.40. The van der Waals surface area contributed by atoms with E-state index in [1.807, 2.05) is 12.2 Å². The van der Waals surface area contributed by atoms with Crippen LogP contribution in [-0.2, 0) is 28.5 Å². The molecule has 230 valence electrons. The molecule has 41 heavy (non-hydrogen) atoms. The van der Waals surface area contributed by atoms with Crippen molar-refractivity contribution in [3.63, 3.8) is 0 Å². The zero-order chi connectivity index (χ0) is 28.9. The minimum Gasteiger partial charge on any atom is -0.491 e. The van der Waals surface area contributed by atoms with E-state index in [9.17, 15) is 14.3 Å². The van der Waals surface area contributed by atoms with Gasteiger partial charge in [0.2, 0.25) is 0 Å². The van der Waals surface area contributed by atoms with Gasteiger partial charge in [0.15, 0.2) is 12.6 Å². The van der Waals surface area contributed by atoms with Crippen LogP contribution < -0.4 is 4.74 Å². The summed E-state index contributed by atoms with van der Waals surface area (Å²) in [5.74, 6) is -0.813. The Labute approximate surface area is 241 Å². The van der Waals surface area contributed by atoms with Gasteiger partial charge in [0.1, 0.15) is 24.3 Å². The van der Waals surface area contributed by atoms with E-state index in [1.165, 1.54) is 12.1 Å². The van der Waals surface area contributed by atoms with Gasteiger partial charge >= 0.3 is 5.97 Å². The van der Waals surface area contributed by atoms with Crippen LogP contribution in [0, 0.1) is 11.7 Å². The van der Waals surface area contributed by atoms with Gasteiger partial charge in [0.05, 0.1) is 24.9 Å². The number of aliphatic hydroxyl groups excluding tert-OH is 1. The minimum absolute atomic E-state index is 0.130. The fourth-order valence-electron chi connectivity index (χ4n) is 5.55. The fraction of sp³-hybridized carbons (Fsp3) is 0.710. The molecule has 3 unspecified atom stereocenters.